The summed E-state index contributed by atoms with van der Waals surface area (Å²) in [5.41, 5.74) is 2.02. The largest absolute Gasteiger partial charge is 0.423 e. The summed E-state index contributed by atoms with van der Waals surface area (Å²) < 4.78 is 11.3. The fourth-order valence-electron chi connectivity index (χ4n) is 2.83. The van der Waals surface area contributed by atoms with Crippen LogP contribution in [-0.4, -0.2) is 50.4 Å². The molecule has 2 aromatic heterocycles. The zero-order valence-corrected chi connectivity index (χ0v) is 14.3. The third-order valence-electron chi connectivity index (χ3n) is 3.92. The van der Waals surface area contributed by atoms with Gasteiger partial charge in [-0.2, -0.15) is 10.2 Å². The summed E-state index contributed by atoms with van der Waals surface area (Å²) in [5, 5.41) is 16.0. The normalized spacial score (nSPS) is 21.1. The van der Waals surface area contributed by atoms with Crippen LogP contribution >= 0.6 is 0 Å². The second-order valence-electron chi connectivity index (χ2n) is 6.00. The molecule has 1 fully saturated rings. The van der Waals surface area contributed by atoms with Crippen molar-refractivity contribution in [1.29, 1.82) is 0 Å². The fraction of sp³-hybridized carbons (Fsp3) is 0.562. The van der Waals surface area contributed by atoms with Gasteiger partial charge in [0.05, 0.1) is 29.6 Å². The lowest BCUT2D eigenvalue weighted by Gasteiger charge is -2.35. The van der Waals surface area contributed by atoms with Gasteiger partial charge in [-0.05, 0) is 26.3 Å². The average molecular weight is 331 g/mol. The van der Waals surface area contributed by atoms with E-state index in [2.05, 4.69) is 20.4 Å². The molecule has 0 N–H and O–H groups in total. The number of carbonyl (C=O) groups excluding carboxylic acids is 1. The Bertz CT molecular complexity index is 745. The van der Waals surface area contributed by atoms with Gasteiger partial charge in [-0.1, -0.05) is 6.92 Å². The third kappa shape index (κ3) is 3.28. The van der Waals surface area contributed by atoms with Gasteiger partial charge in [0.25, 0.3) is 5.91 Å². The van der Waals surface area contributed by atoms with E-state index in [1.54, 1.807) is 17.9 Å². The number of carbonyl (C=O) groups is 1. The molecule has 3 rings (SSSR count). The highest BCUT2D eigenvalue weighted by Gasteiger charge is 2.33. The molecule has 1 aliphatic rings. The van der Waals surface area contributed by atoms with E-state index in [1.807, 2.05) is 20.8 Å². The standard InChI is InChI=1S/C16H21N5O3/c1-5-13-12(6-9(2)17-19-13)16(22)21-7-10(3)23-14(8-21)15-20-18-11(4)24-15/h6,10,14H,5,7-8H2,1-4H3/t10-,14-/m1/s1. The van der Waals surface area contributed by atoms with Gasteiger partial charge in [0, 0.05) is 13.5 Å². The summed E-state index contributed by atoms with van der Waals surface area (Å²) in [7, 11) is 0. The number of ether oxygens (including phenoxy) is 1. The van der Waals surface area contributed by atoms with Crippen molar-refractivity contribution in [2.45, 2.75) is 46.3 Å². The molecule has 8 nitrogen and oxygen atoms in total. The predicted octanol–water partition coefficient (Wildman–Crippen LogP) is 1.64. The first-order valence-electron chi connectivity index (χ1n) is 8.05. The number of rotatable bonds is 3. The van der Waals surface area contributed by atoms with E-state index in [4.69, 9.17) is 9.15 Å². The lowest BCUT2D eigenvalue weighted by atomic mass is 10.1. The van der Waals surface area contributed by atoms with Gasteiger partial charge in [0.15, 0.2) is 6.10 Å². The van der Waals surface area contributed by atoms with Crippen molar-refractivity contribution in [2.75, 3.05) is 13.1 Å². The number of aromatic nitrogens is 4. The molecule has 1 saturated heterocycles. The molecule has 0 aromatic carbocycles. The molecule has 128 valence electrons. The van der Waals surface area contributed by atoms with E-state index < -0.39 is 6.10 Å². The van der Waals surface area contributed by atoms with E-state index in [9.17, 15) is 4.79 Å². The first kappa shape index (κ1) is 16.5. The van der Waals surface area contributed by atoms with Crippen molar-refractivity contribution < 1.29 is 13.9 Å². The molecule has 0 radical (unpaired) electrons. The Kier molecular flexibility index (Phi) is 4.57. The summed E-state index contributed by atoms with van der Waals surface area (Å²) in [5.74, 6) is 0.810. The van der Waals surface area contributed by atoms with E-state index in [0.29, 0.717) is 42.5 Å². The monoisotopic (exact) mass is 331 g/mol. The summed E-state index contributed by atoms with van der Waals surface area (Å²) in [6, 6.07) is 1.79. The van der Waals surface area contributed by atoms with Crippen LogP contribution in [0.1, 0.15) is 53.5 Å². The van der Waals surface area contributed by atoms with Crippen molar-refractivity contribution in [2.24, 2.45) is 0 Å². The minimum Gasteiger partial charge on any atom is -0.423 e. The fourth-order valence-corrected chi connectivity index (χ4v) is 2.83. The second kappa shape index (κ2) is 6.64. The minimum atomic E-state index is -0.417. The van der Waals surface area contributed by atoms with Crippen molar-refractivity contribution in [1.82, 2.24) is 25.3 Å². The molecule has 0 unspecified atom stereocenters. The van der Waals surface area contributed by atoms with Crippen LogP contribution in [0.4, 0.5) is 0 Å². The molecule has 1 amide bonds. The molecular weight excluding hydrogens is 310 g/mol. The topological polar surface area (TPSA) is 94.2 Å². The van der Waals surface area contributed by atoms with Gasteiger partial charge in [-0.3, -0.25) is 4.79 Å². The van der Waals surface area contributed by atoms with Crippen LogP contribution in [-0.2, 0) is 11.2 Å². The molecule has 8 heteroatoms. The molecular formula is C16H21N5O3. The lowest BCUT2D eigenvalue weighted by Crippen LogP contribution is -2.46. The highest BCUT2D eigenvalue weighted by Crippen LogP contribution is 2.26. The maximum absolute atomic E-state index is 13.0. The molecule has 1 aliphatic heterocycles. The summed E-state index contributed by atoms with van der Waals surface area (Å²) in [6.07, 6.45) is 0.112. The Labute approximate surface area is 140 Å². The molecule has 0 bridgehead atoms. The Morgan fingerprint density at radius 2 is 2.04 bits per heavy atom. The summed E-state index contributed by atoms with van der Waals surface area (Å²) in [6.45, 7) is 8.32. The zero-order valence-electron chi connectivity index (χ0n) is 14.3. The minimum absolute atomic E-state index is 0.0683. The van der Waals surface area contributed by atoms with Crippen LogP contribution in [0.3, 0.4) is 0 Å². The first-order valence-corrected chi connectivity index (χ1v) is 8.05. The smallest absolute Gasteiger partial charge is 0.256 e. The van der Waals surface area contributed by atoms with Crippen LogP contribution in [0.5, 0.6) is 0 Å². The molecule has 3 heterocycles. The zero-order chi connectivity index (χ0) is 17.3. The molecule has 0 saturated carbocycles. The Hall–Kier alpha value is -2.35. The predicted molar refractivity (Wildman–Crippen MR) is 84.4 cm³/mol. The number of morpholine rings is 1. The van der Waals surface area contributed by atoms with Crippen LogP contribution in [0.2, 0.25) is 0 Å². The van der Waals surface area contributed by atoms with Crippen LogP contribution in [0.25, 0.3) is 0 Å². The van der Waals surface area contributed by atoms with Crippen molar-refractivity contribution >= 4 is 5.91 Å². The third-order valence-corrected chi connectivity index (χ3v) is 3.92. The molecule has 2 atom stereocenters. The number of hydrogen-bond donors (Lipinski definition) is 0. The average Bonchev–Trinajstić information content (AvgIpc) is 3.00. The summed E-state index contributed by atoms with van der Waals surface area (Å²) in [4.78, 5) is 14.8. The van der Waals surface area contributed by atoms with Crippen LogP contribution < -0.4 is 0 Å². The van der Waals surface area contributed by atoms with Gasteiger partial charge in [0.1, 0.15) is 0 Å². The van der Waals surface area contributed by atoms with E-state index >= 15 is 0 Å². The molecule has 2 aromatic rings. The van der Waals surface area contributed by atoms with Crippen LogP contribution in [0.15, 0.2) is 10.5 Å². The molecule has 0 spiro atoms. The van der Waals surface area contributed by atoms with Gasteiger partial charge >= 0.3 is 0 Å². The van der Waals surface area contributed by atoms with E-state index in [1.165, 1.54) is 0 Å². The number of aryl methyl sites for hydroxylation is 3. The Balaban J connectivity index is 1.85. The van der Waals surface area contributed by atoms with Crippen LogP contribution in [0, 0.1) is 13.8 Å². The highest BCUT2D eigenvalue weighted by atomic mass is 16.5. The second-order valence-corrected chi connectivity index (χ2v) is 6.00. The quantitative estimate of drug-likeness (QED) is 0.844. The van der Waals surface area contributed by atoms with Gasteiger partial charge in [-0.25, -0.2) is 0 Å². The van der Waals surface area contributed by atoms with Crippen molar-refractivity contribution in [3.63, 3.8) is 0 Å². The molecule has 0 aliphatic carbocycles. The maximum atomic E-state index is 13.0. The Morgan fingerprint density at radius 1 is 1.25 bits per heavy atom. The van der Waals surface area contributed by atoms with Gasteiger partial charge in [0.2, 0.25) is 11.8 Å². The summed E-state index contributed by atoms with van der Waals surface area (Å²) >= 11 is 0. The Morgan fingerprint density at radius 3 is 2.71 bits per heavy atom. The number of nitrogens with zero attached hydrogens (tertiary/aromatic N) is 5. The highest BCUT2D eigenvalue weighted by molar-refractivity contribution is 5.95. The molecule has 24 heavy (non-hydrogen) atoms. The lowest BCUT2D eigenvalue weighted by molar-refractivity contribution is -0.0797. The first-order chi connectivity index (χ1) is 11.5. The van der Waals surface area contributed by atoms with Crippen molar-refractivity contribution in [3.8, 4) is 0 Å². The van der Waals surface area contributed by atoms with E-state index in [-0.39, 0.29) is 12.0 Å². The number of hydrogen-bond acceptors (Lipinski definition) is 7. The number of amides is 1. The van der Waals surface area contributed by atoms with Crippen molar-refractivity contribution in [3.05, 3.63) is 34.8 Å². The van der Waals surface area contributed by atoms with E-state index in [0.717, 1.165) is 5.69 Å². The van der Waals surface area contributed by atoms with Gasteiger partial charge in [-0.15, -0.1) is 10.2 Å². The maximum Gasteiger partial charge on any atom is 0.256 e. The van der Waals surface area contributed by atoms with Gasteiger partial charge < -0.3 is 14.1 Å². The SMILES string of the molecule is CCc1nnc(C)cc1C(=O)N1C[C@@H](C)O[C@@H](c2nnc(C)o2)C1.